The number of Topliss-reactive ketones (excluding diaryl/α,β-unsaturated/α-hetero) is 1. The van der Waals surface area contributed by atoms with Gasteiger partial charge < -0.3 is 14.8 Å². The molecule has 0 saturated carbocycles. The van der Waals surface area contributed by atoms with Crippen molar-refractivity contribution in [3.63, 3.8) is 0 Å². The van der Waals surface area contributed by atoms with Crippen LogP contribution in [0, 0.1) is 10.8 Å². The van der Waals surface area contributed by atoms with Gasteiger partial charge in [0.05, 0.1) is 18.1 Å². The van der Waals surface area contributed by atoms with Crippen LogP contribution < -0.4 is 5.32 Å². The number of hydrogen-bond acceptors (Lipinski definition) is 10. The Balaban J connectivity index is 1.79. The van der Waals surface area contributed by atoms with E-state index in [1.54, 1.807) is 34.6 Å². The van der Waals surface area contributed by atoms with E-state index < -0.39 is 43.5 Å². The van der Waals surface area contributed by atoms with Gasteiger partial charge in [-0.15, -0.1) is 0 Å². The normalized spacial score (nSPS) is 27.0. The summed E-state index contributed by atoms with van der Waals surface area (Å²) in [6.45, 7) is 7.82. The lowest BCUT2D eigenvalue weighted by atomic mass is 9.84. The molecule has 3 atom stereocenters. The van der Waals surface area contributed by atoms with Gasteiger partial charge >= 0.3 is 19.8 Å². The molecule has 1 amide bonds. The highest BCUT2D eigenvalue weighted by molar-refractivity contribution is 7.48. The molecule has 0 spiro atoms. The van der Waals surface area contributed by atoms with Gasteiger partial charge in [0.25, 0.3) is 0 Å². The molecule has 2 rings (SSSR count). The van der Waals surface area contributed by atoms with Gasteiger partial charge in [0.15, 0.2) is 5.78 Å². The summed E-state index contributed by atoms with van der Waals surface area (Å²) in [5.74, 6) is -1.43. The zero-order valence-electron chi connectivity index (χ0n) is 19.8. The van der Waals surface area contributed by atoms with Crippen LogP contribution in [0.2, 0.25) is 0 Å². The molecular formula is C21H34NO10P. The second kappa shape index (κ2) is 11.1. The van der Waals surface area contributed by atoms with Gasteiger partial charge in [0.1, 0.15) is 12.7 Å². The molecule has 11 nitrogen and oxygen atoms in total. The summed E-state index contributed by atoms with van der Waals surface area (Å²) in [4.78, 5) is 47.6. The van der Waals surface area contributed by atoms with Crippen molar-refractivity contribution in [2.75, 3.05) is 20.0 Å². The van der Waals surface area contributed by atoms with Gasteiger partial charge in [0.2, 0.25) is 12.7 Å². The molecule has 0 aromatic carbocycles. The summed E-state index contributed by atoms with van der Waals surface area (Å²) >= 11 is 0. The number of nitrogens with one attached hydrogen (secondary N) is 1. The number of phosphoric acid groups is 1. The topological polar surface area (TPSA) is 144 Å². The summed E-state index contributed by atoms with van der Waals surface area (Å²) < 4.78 is 38.5. The average Bonchev–Trinajstić information content (AvgIpc) is 3.13. The molecule has 2 fully saturated rings. The lowest BCUT2D eigenvalue weighted by Crippen LogP contribution is -2.45. The molecule has 0 aromatic heterocycles. The summed E-state index contributed by atoms with van der Waals surface area (Å²) in [7, 11) is -4.12. The van der Waals surface area contributed by atoms with Crippen molar-refractivity contribution >= 4 is 31.5 Å². The Morgan fingerprint density at radius 1 is 1.18 bits per heavy atom. The van der Waals surface area contributed by atoms with Gasteiger partial charge in [-0.25, -0.2) is 9.09 Å². The molecule has 1 unspecified atom stereocenters. The zero-order chi connectivity index (χ0) is 24.9. The first-order valence-electron chi connectivity index (χ1n) is 10.9. The maximum absolute atomic E-state index is 12.8. The van der Waals surface area contributed by atoms with Gasteiger partial charge in [-0.3, -0.25) is 28.2 Å². The van der Waals surface area contributed by atoms with Crippen LogP contribution in [0.1, 0.15) is 66.7 Å². The van der Waals surface area contributed by atoms with Crippen LogP contribution in [-0.4, -0.2) is 55.8 Å². The largest absolute Gasteiger partial charge is 0.478 e. The minimum Gasteiger partial charge on any atom is -0.463 e. The monoisotopic (exact) mass is 491 g/mol. The highest BCUT2D eigenvalue weighted by Gasteiger charge is 2.48. The number of carbonyl (C=O) groups is 4. The molecule has 188 valence electrons. The van der Waals surface area contributed by atoms with Crippen molar-refractivity contribution in [3.05, 3.63) is 0 Å². The fraction of sp³-hybridized carbons (Fsp3) is 0.810. The van der Waals surface area contributed by atoms with E-state index in [9.17, 15) is 23.7 Å². The predicted octanol–water partition coefficient (Wildman–Crippen LogP) is 2.66. The number of phosphoric ester groups is 1. The van der Waals surface area contributed by atoms with Crippen molar-refractivity contribution in [1.82, 2.24) is 5.32 Å². The van der Waals surface area contributed by atoms with Crippen molar-refractivity contribution in [1.29, 1.82) is 0 Å². The third-order valence-electron chi connectivity index (χ3n) is 5.18. The lowest BCUT2D eigenvalue weighted by Gasteiger charge is -2.39. The number of hydrogen-bond donors (Lipinski definition) is 1. The number of ketones is 1. The van der Waals surface area contributed by atoms with E-state index in [1.165, 1.54) is 0 Å². The molecule has 2 heterocycles. The van der Waals surface area contributed by atoms with Crippen LogP contribution in [0.15, 0.2) is 0 Å². The fourth-order valence-corrected chi connectivity index (χ4v) is 4.68. The number of rotatable bonds is 10. The molecular weight excluding hydrogens is 457 g/mol. The molecule has 33 heavy (non-hydrogen) atoms. The molecule has 12 heteroatoms. The number of amides is 1. The van der Waals surface area contributed by atoms with Crippen LogP contribution in [-0.2, 0) is 46.8 Å². The third kappa shape index (κ3) is 8.48. The molecule has 1 N–H and O–H groups in total. The van der Waals surface area contributed by atoms with Crippen molar-refractivity contribution < 1.29 is 46.8 Å². The van der Waals surface area contributed by atoms with E-state index in [-0.39, 0.29) is 50.2 Å². The highest BCUT2D eigenvalue weighted by Crippen LogP contribution is 2.57. The van der Waals surface area contributed by atoms with E-state index in [0.29, 0.717) is 12.8 Å². The third-order valence-corrected chi connectivity index (χ3v) is 6.52. The molecule has 2 aliphatic rings. The average molecular weight is 491 g/mol. The minimum atomic E-state index is -4.12. The molecule has 0 aromatic rings. The molecule has 0 radical (unpaired) electrons. The molecule has 0 aliphatic carbocycles. The Hall–Kier alpha value is -1.81. The Kier molecular flexibility index (Phi) is 9.21. The second-order valence-corrected chi connectivity index (χ2v) is 11.6. The van der Waals surface area contributed by atoms with Crippen LogP contribution in [0.5, 0.6) is 0 Å². The summed E-state index contributed by atoms with van der Waals surface area (Å²) in [6, 6.07) is -0.170. The highest BCUT2D eigenvalue weighted by atomic mass is 31.2. The van der Waals surface area contributed by atoms with Crippen LogP contribution in [0.25, 0.3) is 0 Å². The first-order chi connectivity index (χ1) is 15.2. The summed E-state index contributed by atoms with van der Waals surface area (Å²) in [6.07, 6.45) is 0.206. The van der Waals surface area contributed by atoms with Crippen molar-refractivity contribution in [2.45, 2.75) is 78.9 Å². The number of carbonyl (C=O) groups excluding carboxylic acids is 4. The predicted molar refractivity (Wildman–Crippen MR) is 115 cm³/mol. The zero-order valence-corrected chi connectivity index (χ0v) is 20.7. The van der Waals surface area contributed by atoms with Crippen LogP contribution in [0.4, 0.5) is 0 Å². The first-order valence-corrected chi connectivity index (χ1v) is 12.4. The first kappa shape index (κ1) is 27.4. The van der Waals surface area contributed by atoms with Gasteiger partial charge in [-0.05, 0) is 33.6 Å². The van der Waals surface area contributed by atoms with Gasteiger partial charge in [0, 0.05) is 24.7 Å². The molecule has 0 bridgehead atoms. The van der Waals surface area contributed by atoms with Crippen LogP contribution >= 0.6 is 7.82 Å². The van der Waals surface area contributed by atoms with Gasteiger partial charge in [-0.2, -0.15) is 0 Å². The fourth-order valence-electron chi connectivity index (χ4n) is 3.15. The van der Waals surface area contributed by atoms with Crippen LogP contribution in [0.3, 0.4) is 0 Å². The maximum atomic E-state index is 12.8. The Morgan fingerprint density at radius 2 is 1.88 bits per heavy atom. The Morgan fingerprint density at radius 3 is 2.48 bits per heavy atom. The number of esters is 2. The van der Waals surface area contributed by atoms with Crippen molar-refractivity contribution in [2.24, 2.45) is 10.8 Å². The molecule has 2 saturated heterocycles. The standard InChI is InChI=1S/C21H34NO10P/c1-20(2,3)19(26)29-13-31-33(27)30-12-21(4,5)18(32-33)15(23)7-6-8-17(25)28-11-14-9-10-16(24)22-14/h14,18H,6-13H2,1-5H3,(H,22,24)/t14?,18-,33+/m0/s1. The quantitative estimate of drug-likeness (QED) is 0.275. The molecule has 2 aliphatic heterocycles. The summed E-state index contributed by atoms with van der Waals surface area (Å²) in [5.41, 5.74) is -1.55. The van der Waals surface area contributed by atoms with Gasteiger partial charge in [-0.1, -0.05) is 13.8 Å². The van der Waals surface area contributed by atoms with E-state index >= 15 is 0 Å². The van der Waals surface area contributed by atoms with E-state index in [0.717, 1.165) is 0 Å². The number of ether oxygens (including phenoxy) is 2. The van der Waals surface area contributed by atoms with E-state index in [2.05, 4.69) is 5.32 Å². The van der Waals surface area contributed by atoms with E-state index in [4.69, 9.17) is 23.0 Å². The van der Waals surface area contributed by atoms with E-state index in [1.807, 2.05) is 0 Å². The Bertz CT molecular complexity index is 803. The summed E-state index contributed by atoms with van der Waals surface area (Å²) in [5, 5.41) is 2.71. The van der Waals surface area contributed by atoms with Crippen molar-refractivity contribution in [3.8, 4) is 0 Å². The maximum Gasteiger partial charge on any atom is 0.478 e. The lowest BCUT2D eigenvalue weighted by molar-refractivity contribution is -0.163. The smallest absolute Gasteiger partial charge is 0.463 e. The Labute approximate surface area is 193 Å². The SMILES string of the molecule is CC(C)(C)C(=O)OCO[P@@]1(=O)OCC(C)(C)[C@H](C(=O)CCCC(=O)OCC2CCC(=O)N2)O1. The second-order valence-electron chi connectivity index (χ2n) is 9.93. The minimum absolute atomic E-state index is 0.00235.